The number of rotatable bonds is 6. The summed E-state index contributed by atoms with van der Waals surface area (Å²) in [4.78, 5) is 12.6. The predicted molar refractivity (Wildman–Crippen MR) is 64.1 cm³/mol. The Morgan fingerprint density at radius 2 is 2.33 bits per heavy atom. The summed E-state index contributed by atoms with van der Waals surface area (Å²) in [5.41, 5.74) is 0. The smallest absolute Gasteiger partial charge is 0.225 e. The molecule has 0 radical (unpaired) electrons. The molecule has 15 heavy (non-hydrogen) atoms. The van der Waals surface area contributed by atoms with Gasteiger partial charge in [0.05, 0.1) is 6.42 Å². The standard InChI is InChI=1S/C11H18N2OS/c1-9(7-12-2)8-13-11(14)6-10-4-3-5-15-10/h3-5,9,12H,6-8H2,1-2H3,(H,13,14). The van der Waals surface area contributed by atoms with Gasteiger partial charge in [0.2, 0.25) is 5.91 Å². The molecule has 1 rings (SSSR count). The summed E-state index contributed by atoms with van der Waals surface area (Å²) in [6, 6.07) is 3.96. The summed E-state index contributed by atoms with van der Waals surface area (Å²) < 4.78 is 0. The molecule has 1 atom stereocenters. The van der Waals surface area contributed by atoms with Crippen LogP contribution in [0.5, 0.6) is 0 Å². The molecule has 0 aliphatic heterocycles. The van der Waals surface area contributed by atoms with Gasteiger partial charge in [-0.05, 0) is 31.0 Å². The van der Waals surface area contributed by atoms with Crippen LogP contribution in [-0.2, 0) is 11.2 Å². The molecule has 84 valence electrons. The molecule has 2 N–H and O–H groups in total. The van der Waals surface area contributed by atoms with Crippen LogP contribution in [0.2, 0.25) is 0 Å². The number of hydrogen-bond donors (Lipinski definition) is 2. The van der Waals surface area contributed by atoms with Crippen molar-refractivity contribution in [3.63, 3.8) is 0 Å². The maximum Gasteiger partial charge on any atom is 0.225 e. The highest BCUT2D eigenvalue weighted by atomic mass is 32.1. The maximum atomic E-state index is 11.5. The topological polar surface area (TPSA) is 41.1 Å². The normalized spacial score (nSPS) is 12.4. The molecule has 0 saturated carbocycles. The van der Waals surface area contributed by atoms with Crippen LogP contribution in [0.4, 0.5) is 0 Å². The number of amides is 1. The van der Waals surface area contributed by atoms with Crippen LogP contribution >= 0.6 is 11.3 Å². The second kappa shape index (κ2) is 6.58. The van der Waals surface area contributed by atoms with Gasteiger partial charge in [0, 0.05) is 11.4 Å². The molecule has 0 bridgehead atoms. The largest absolute Gasteiger partial charge is 0.355 e. The van der Waals surface area contributed by atoms with E-state index in [1.54, 1.807) is 11.3 Å². The molecule has 0 saturated heterocycles. The van der Waals surface area contributed by atoms with Gasteiger partial charge in [0.15, 0.2) is 0 Å². The molecular weight excluding hydrogens is 208 g/mol. The third kappa shape index (κ3) is 4.95. The monoisotopic (exact) mass is 226 g/mol. The van der Waals surface area contributed by atoms with Crippen molar-refractivity contribution in [1.82, 2.24) is 10.6 Å². The van der Waals surface area contributed by atoms with E-state index in [4.69, 9.17) is 0 Å². The Labute approximate surface area is 94.9 Å². The quantitative estimate of drug-likeness (QED) is 0.767. The first-order valence-electron chi connectivity index (χ1n) is 5.16. The minimum absolute atomic E-state index is 0.111. The summed E-state index contributed by atoms with van der Waals surface area (Å²) in [5, 5.41) is 8.01. The predicted octanol–water partition coefficient (Wildman–Crippen LogP) is 1.26. The van der Waals surface area contributed by atoms with Crippen molar-refractivity contribution in [3.8, 4) is 0 Å². The summed E-state index contributed by atoms with van der Waals surface area (Å²) in [7, 11) is 1.92. The summed E-state index contributed by atoms with van der Waals surface area (Å²) in [6.45, 7) is 3.78. The number of hydrogen-bond acceptors (Lipinski definition) is 3. The van der Waals surface area contributed by atoms with E-state index in [1.807, 2.05) is 24.6 Å². The summed E-state index contributed by atoms with van der Waals surface area (Å²) in [6.07, 6.45) is 0.504. The number of carbonyl (C=O) groups is 1. The highest BCUT2D eigenvalue weighted by molar-refractivity contribution is 7.10. The van der Waals surface area contributed by atoms with Crippen molar-refractivity contribution in [1.29, 1.82) is 0 Å². The molecule has 1 unspecified atom stereocenters. The van der Waals surface area contributed by atoms with Gasteiger partial charge in [-0.25, -0.2) is 0 Å². The average molecular weight is 226 g/mol. The van der Waals surface area contributed by atoms with E-state index in [2.05, 4.69) is 17.6 Å². The van der Waals surface area contributed by atoms with Gasteiger partial charge < -0.3 is 10.6 Å². The minimum atomic E-state index is 0.111. The van der Waals surface area contributed by atoms with Crippen molar-refractivity contribution in [2.24, 2.45) is 5.92 Å². The highest BCUT2D eigenvalue weighted by Crippen LogP contribution is 2.08. The Balaban J connectivity index is 2.19. The van der Waals surface area contributed by atoms with Crippen LogP contribution in [0.25, 0.3) is 0 Å². The molecule has 1 heterocycles. The van der Waals surface area contributed by atoms with Crippen molar-refractivity contribution in [2.75, 3.05) is 20.1 Å². The molecule has 1 amide bonds. The zero-order valence-electron chi connectivity index (χ0n) is 9.25. The third-order valence-corrected chi connectivity index (χ3v) is 2.99. The average Bonchev–Trinajstić information content (AvgIpc) is 2.68. The zero-order valence-corrected chi connectivity index (χ0v) is 10.1. The molecule has 1 aromatic rings. The Morgan fingerprint density at radius 3 is 2.93 bits per heavy atom. The van der Waals surface area contributed by atoms with Crippen molar-refractivity contribution < 1.29 is 4.79 Å². The van der Waals surface area contributed by atoms with E-state index >= 15 is 0 Å². The van der Waals surface area contributed by atoms with Gasteiger partial charge in [-0.2, -0.15) is 0 Å². The van der Waals surface area contributed by atoms with E-state index in [0.717, 1.165) is 18.0 Å². The third-order valence-electron chi connectivity index (χ3n) is 2.12. The Hall–Kier alpha value is -0.870. The van der Waals surface area contributed by atoms with Gasteiger partial charge in [-0.15, -0.1) is 11.3 Å². The summed E-state index contributed by atoms with van der Waals surface area (Å²) in [5.74, 6) is 0.586. The van der Waals surface area contributed by atoms with E-state index in [1.165, 1.54) is 0 Å². The van der Waals surface area contributed by atoms with Crippen LogP contribution in [-0.4, -0.2) is 26.0 Å². The van der Waals surface area contributed by atoms with Gasteiger partial charge >= 0.3 is 0 Å². The number of carbonyl (C=O) groups excluding carboxylic acids is 1. The first kappa shape index (κ1) is 12.2. The van der Waals surface area contributed by atoms with Crippen molar-refractivity contribution in [2.45, 2.75) is 13.3 Å². The molecular formula is C11H18N2OS. The van der Waals surface area contributed by atoms with Crippen LogP contribution in [0.15, 0.2) is 17.5 Å². The molecule has 0 aliphatic carbocycles. The molecule has 4 heteroatoms. The fourth-order valence-electron chi connectivity index (χ4n) is 1.34. The lowest BCUT2D eigenvalue weighted by Crippen LogP contribution is -2.32. The van der Waals surface area contributed by atoms with E-state index in [9.17, 15) is 4.79 Å². The molecule has 0 spiro atoms. The van der Waals surface area contributed by atoms with Crippen LogP contribution < -0.4 is 10.6 Å². The van der Waals surface area contributed by atoms with E-state index in [-0.39, 0.29) is 5.91 Å². The van der Waals surface area contributed by atoms with Crippen molar-refractivity contribution >= 4 is 17.2 Å². The van der Waals surface area contributed by atoms with E-state index < -0.39 is 0 Å². The second-order valence-electron chi connectivity index (χ2n) is 3.72. The SMILES string of the molecule is CNCC(C)CNC(=O)Cc1cccs1. The maximum absolute atomic E-state index is 11.5. The first-order valence-corrected chi connectivity index (χ1v) is 6.04. The fraction of sp³-hybridized carbons (Fsp3) is 0.545. The number of nitrogens with one attached hydrogen (secondary N) is 2. The molecule has 1 aromatic heterocycles. The van der Waals surface area contributed by atoms with Crippen LogP contribution in [0.3, 0.4) is 0 Å². The second-order valence-corrected chi connectivity index (χ2v) is 4.76. The zero-order chi connectivity index (χ0) is 11.1. The van der Waals surface area contributed by atoms with Crippen molar-refractivity contribution in [3.05, 3.63) is 22.4 Å². The highest BCUT2D eigenvalue weighted by Gasteiger charge is 2.06. The molecule has 0 aliphatic rings. The first-order chi connectivity index (χ1) is 7.22. The van der Waals surface area contributed by atoms with Crippen LogP contribution in [0, 0.1) is 5.92 Å². The van der Waals surface area contributed by atoms with E-state index in [0.29, 0.717) is 12.3 Å². The Bertz CT molecular complexity index is 285. The van der Waals surface area contributed by atoms with Gasteiger partial charge in [-0.1, -0.05) is 13.0 Å². The molecule has 0 aromatic carbocycles. The Morgan fingerprint density at radius 1 is 1.53 bits per heavy atom. The molecule has 0 fully saturated rings. The lowest BCUT2D eigenvalue weighted by molar-refractivity contribution is -0.120. The lowest BCUT2D eigenvalue weighted by Gasteiger charge is -2.11. The van der Waals surface area contributed by atoms with Crippen LogP contribution in [0.1, 0.15) is 11.8 Å². The fourth-order valence-corrected chi connectivity index (χ4v) is 2.05. The van der Waals surface area contributed by atoms with Gasteiger partial charge in [0.25, 0.3) is 0 Å². The Kier molecular flexibility index (Phi) is 5.36. The van der Waals surface area contributed by atoms with Gasteiger partial charge in [0.1, 0.15) is 0 Å². The molecule has 3 nitrogen and oxygen atoms in total. The number of thiophene rings is 1. The minimum Gasteiger partial charge on any atom is -0.355 e. The van der Waals surface area contributed by atoms with Gasteiger partial charge in [-0.3, -0.25) is 4.79 Å². The lowest BCUT2D eigenvalue weighted by atomic mass is 10.2. The summed E-state index contributed by atoms with van der Waals surface area (Å²) >= 11 is 1.62.